The van der Waals surface area contributed by atoms with Crippen LogP contribution in [0.3, 0.4) is 0 Å². The number of carbonyl (C=O) groups excluding carboxylic acids is 2. The van der Waals surface area contributed by atoms with Gasteiger partial charge in [-0.3, -0.25) is 23.8 Å². The average Bonchev–Trinajstić information content (AvgIpc) is 3.50. The van der Waals surface area contributed by atoms with Gasteiger partial charge in [0.15, 0.2) is 6.10 Å². The Hall–Kier alpha value is -3.24. The van der Waals surface area contributed by atoms with Crippen LogP contribution in [0.1, 0.15) is 10.9 Å². The van der Waals surface area contributed by atoms with Gasteiger partial charge in [-0.05, 0) is 48.5 Å². The summed E-state index contributed by atoms with van der Waals surface area (Å²) >= 11 is 11.1. The van der Waals surface area contributed by atoms with Crippen molar-refractivity contribution in [3.05, 3.63) is 109 Å². The van der Waals surface area contributed by atoms with Crippen molar-refractivity contribution in [3.63, 3.8) is 0 Å². The average molecular weight is 583 g/mol. The second-order valence-electron chi connectivity index (χ2n) is 8.34. The minimum Gasteiger partial charge on any atom is -0.273 e. The zero-order valence-electron chi connectivity index (χ0n) is 18.5. The first kappa shape index (κ1) is 23.2. The lowest BCUT2D eigenvalue weighted by molar-refractivity contribution is -0.126. The van der Waals surface area contributed by atoms with Crippen molar-refractivity contribution in [1.82, 2.24) is 4.57 Å². The molecule has 180 valence electrons. The van der Waals surface area contributed by atoms with Gasteiger partial charge in [0, 0.05) is 4.47 Å². The van der Waals surface area contributed by atoms with E-state index in [1.165, 1.54) is 9.63 Å². The first-order valence-electron chi connectivity index (χ1n) is 11.1. The van der Waals surface area contributed by atoms with Crippen LogP contribution < -0.4 is 14.8 Å². The summed E-state index contributed by atoms with van der Waals surface area (Å²) in [5.41, 5.74) is 1.72. The number of nitrogens with zero attached hydrogens (tertiary/aromatic N) is 3. The zero-order chi connectivity index (χ0) is 25.0. The molecule has 3 atom stereocenters. The molecule has 2 saturated heterocycles. The van der Waals surface area contributed by atoms with E-state index in [4.69, 9.17) is 16.4 Å². The summed E-state index contributed by atoms with van der Waals surface area (Å²) in [7, 11) is 0. The maximum Gasteiger partial charge on any atom is 0.313 e. The Kier molecular flexibility index (Phi) is 5.80. The third-order valence-corrected chi connectivity index (χ3v) is 8.30. The molecule has 0 bridgehead atoms. The minimum atomic E-state index is -1.05. The number of imide groups is 1. The van der Waals surface area contributed by atoms with Gasteiger partial charge >= 0.3 is 4.87 Å². The number of amides is 2. The van der Waals surface area contributed by atoms with E-state index in [0.29, 0.717) is 21.9 Å². The predicted molar refractivity (Wildman–Crippen MR) is 142 cm³/mol. The molecule has 0 spiro atoms. The number of hydrogen-bond acceptors (Lipinski definition) is 6. The van der Waals surface area contributed by atoms with Crippen molar-refractivity contribution in [2.24, 2.45) is 5.92 Å². The Morgan fingerprint density at radius 2 is 1.39 bits per heavy atom. The van der Waals surface area contributed by atoms with Gasteiger partial charge in [-0.1, -0.05) is 75.3 Å². The van der Waals surface area contributed by atoms with Crippen LogP contribution in [0.25, 0.3) is 5.69 Å². The predicted octanol–water partition coefficient (Wildman–Crippen LogP) is 5.37. The summed E-state index contributed by atoms with van der Waals surface area (Å²) in [6, 6.07) is 24.4. The molecule has 7 nitrogen and oxygen atoms in total. The molecule has 36 heavy (non-hydrogen) atoms. The SMILES string of the molecule is O=C1[C@H]2[C@H](ON(c3ccccc3)[C@H]2c2sc(=O)n(-c3ccccc3)c2Cl)C(=O)N1c1ccc(Br)cc1. The number of hydrogen-bond donors (Lipinski definition) is 0. The maximum atomic E-state index is 13.8. The second kappa shape index (κ2) is 9.01. The monoisotopic (exact) mass is 581 g/mol. The number of halogens is 2. The van der Waals surface area contributed by atoms with E-state index in [1.807, 2.05) is 48.5 Å². The molecule has 10 heteroatoms. The Bertz CT molecular complexity index is 1520. The number of carbonyl (C=O) groups is 2. The van der Waals surface area contributed by atoms with Gasteiger partial charge in [0.2, 0.25) is 5.91 Å². The molecule has 3 aromatic carbocycles. The molecule has 1 aromatic heterocycles. The van der Waals surface area contributed by atoms with Gasteiger partial charge in [0.1, 0.15) is 17.1 Å². The van der Waals surface area contributed by atoms with Crippen molar-refractivity contribution in [2.45, 2.75) is 12.1 Å². The summed E-state index contributed by atoms with van der Waals surface area (Å²) < 4.78 is 2.24. The van der Waals surface area contributed by atoms with Crippen LogP contribution in [0.5, 0.6) is 0 Å². The normalized spacial score (nSPS) is 21.3. The van der Waals surface area contributed by atoms with Crippen LogP contribution in [0.2, 0.25) is 5.15 Å². The van der Waals surface area contributed by atoms with E-state index in [9.17, 15) is 14.4 Å². The van der Waals surface area contributed by atoms with Crippen LogP contribution >= 0.6 is 38.9 Å². The van der Waals surface area contributed by atoms with Crippen molar-refractivity contribution < 1.29 is 14.4 Å². The molecular formula is C26H17BrClN3O4S. The van der Waals surface area contributed by atoms with Gasteiger partial charge in [-0.25, -0.2) is 9.96 Å². The van der Waals surface area contributed by atoms with Crippen molar-refractivity contribution in [2.75, 3.05) is 9.96 Å². The highest BCUT2D eigenvalue weighted by molar-refractivity contribution is 9.10. The summed E-state index contributed by atoms with van der Waals surface area (Å²) in [5, 5.41) is 1.73. The first-order valence-corrected chi connectivity index (χ1v) is 13.1. The Morgan fingerprint density at radius 3 is 2.03 bits per heavy atom. The number of benzene rings is 3. The lowest BCUT2D eigenvalue weighted by Gasteiger charge is -2.28. The third-order valence-electron chi connectivity index (χ3n) is 6.27. The molecule has 0 N–H and O–H groups in total. The molecule has 4 aromatic rings. The van der Waals surface area contributed by atoms with Crippen molar-refractivity contribution >= 4 is 62.1 Å². The van der Waals surface area contributed by atoms with Gasteiger partial charge in [0.25, 0.3) is 5.91 Å². The molecule has 2 fully saturated rings. The number of rotatable bonds is 4. The number of hydroxylamine groups is 1. The minimum absolute atomic E-state index is 0.189. The lowest BCUT2D eigenvalue weighted by atomic mass is 9.95. The number of anilines is 2. The van der Waals surface area contributed by atoms with Gasteiger partial charge < -0.3 is 0 Å². The van der Waals surface area contributed by atoms with E-state index in [1.54, 1.807) is 36.4 Å². The Labute approximate surface area is 223 Å². The molecule has 2 amide bonds. The van der Waals surface area contributed by atoms with E-state index >= 15 is 0 Å². The number of aromatic nitrogens is 1. The summed E-state index contributed by atoms with van der Waals surface area (Å²) in [4.78, 5) is 47.8. The van der Waals surface area contributed by atoms with Crippen LogP contribution in [0.4, 0.5) is 11.4 Å². The van der Waals surface area contributed by atoms with Crippen LogP contribution in [0.15, 0.2) is 94.2 Å². The number of thiazole rings is 1. The molecule has 3 heterocycles. The van der Waals surface area contributed by atoms with E-state index < -0.39 is 29.9 Å². The molecule has 0 saturated carbocycles. The zero-order valence-corrected chi connectivity index (χ0v) is 21.6. The van der Waals surface area contributed by atoms with E-state index in [2.05, 4.69) is 15.9 Å². The fourth-order valence-corrected chi connectivity index (χ4v) is 6.41. The topological polar surface area (TPSA) is 71.8 Å². The Balaban J connectivity index is 1.48. The van der Waals surface area contributed by atoms with Gasteiger partial charge in [-0.2, -0.15) is 0 Å². The van der Waals surface area contributed by atoms with Crippen LogP contribution in [-0.4, -0.2) is 22.5 Å². The fraction of sp³-hybridized carbons (Fsp3) is 0.115. The fourth-order valence-electron chi connectivity index (χ4n) is 4.67. The standard InChI is InChI=1S/C26H17BrClN3O4S/c27-15-11-13-17(14-12-15)30-24(32)19-20(31(35-21(19)25(30)33)18-9-5-2-6-10-18)22-23(28)29(26(34)36-22)16-7-3-1-4-8-16/h1-14,19-21H/t19-,20-,21+/m1/s1. The quantitative estimate of drug-likeness (QED) is 0.303. The van der Waals surface area contributed by atoms with E-state index in [-0.39, 0.29) is 10.0 Å². The second-order valence-corrected chi connectivity index (χ2v) is 10.6. The van der Waals surface area contributed by atoms with Gasteiger partial charge in [0.05, 0.1) is 21.9 Å². The molecule has 0 aliphatic carbocycles. The Morgan fingerprint density at radius 1 is 0.778 bits per heavy atom. The summed E-state index contributed by atoms with van der Waals surface area (Å²) in [5.74, 6) is -1.75. The lowest BCUT2D eigenvalue weighted by Crippen LogP contribution is -2.37. The summed E-state index contributed by atoms with van der Waals surface area (Å²) in [6.45, 7) is 0. The molecule has 6 rings (SSSR count). The molecule has 2 aliphatic heterocycles. The van der Waals surface area contributed by atoms with Crippen molar-refractivity contribution in [3.8, 4) is 5.69 Å². The van der Waals surface area contributed by atoms with Crippen LogP contribution in [0, 0.1) is 5.92 Å². The molecule has 0 unspecified atom stereocenters. The molecule has 0 radical (unpaired) electrons. The number of fused-ring (bicyclic) bond motifs is 1. The molecule has 2 aliphatic rings. The smallest absolute Gasteiger partial charge is 0.273 e. The van der Waals surface area contributed by atoms with Crippen molar-refractivity contribution in [1.29, 1.82) is 0 Å². The third kappa shape index (κ3) is 3.62. The molecular weight excluding hydrogens is 566 g/mol. The highest BCUT2D eigenvalue weighted by atomic mass is 79.9. The maximum absolute atomic E-state index is 13.8. The highest BCUT2D eigenvalue weighted by Crippen LogP contribution is 2.50. The summed E-state index contributed by atoms with van der Waals surface area (Å²) in [6.07, 6.45) is -1.05. The largest absolute Gasteiger partial charge is 0.313 e. The highest BCUT2D eigenvalue weighted by Gasteiger charge is 2.61. The van der Waals surface area contributed by atoms with E-state index in [0.717, 1.165) is 20.7 Å². The van der Waals surface area contributed by atoms with Gasteiger partial charge in [-0.15, -0.1) is 0 Å². The van der Waals surface area contributed by atoms with Crippen LogP contribution in [-0.2, 0) is 14.4 Å². The number of para-hydroxylation sites is 2. The first-order chi connectivity index (χ1) is 17.5.